The minimum atomic E-state index is -0.384. The van der Waals surface area contributed by atoms with Gasteiger partial charge in [0.1, 0.15) is 17.2 Å². The topological polar surface area (TPSA) is 77.1 Å². The first-order chi connectivity index (χ1) is 14.0. The second kappa shape index (κ2) is 9.32. The Morgan fingerprint density at radius 2 is 1.72 bits per heavy atom. The molecule has 2 aromatic rings. The smallest absolute Gasteiger partial charge is 0.227 e. The second-order valence-electron chi connectivity index (χ2n) is 6.83. The zero-order valence-corrected chi connectivity index (χ0v) is 16.9. The molecule has 7 heteroatoms. The van der Waals surface area contributed by atoms with E-state index in [0.717, 1.165) is 11.3 Å². The summed E-state index contributed by atoms with van der Waals surface area (Å²) in [6, 6.07) is 13.0. The van der Waals surface area contributed by atoms with E-state index >= 15 is 0 Å². The molecule has 1 saturated heterocycles. The summed E-state index contributed by atoms with van der Waals surface area (Å²) in [6.07, 6.45) is 0.899. The lowest BCUT2D eigenvalue weighted by Crippen LogP contribution is -2.34. The van der Waals surface area contributed by atoms with Gasteiger partial charge in [-0.1, -0.05) is 12.1 Å². The molecule has 1 N–H and O–H groups in total. The molecule has 1 aliphatic heterocycles. The highest BCUT2D eigenvalue weighted by molar-refractivity contribution is 6.01. The van der Waals surface area contributed by atoms with Gasteiger partial charge in [0, 0.05) is 25.6 Å². The Bertz CT molecular complexity index is 866. The van der Waals surface area contributed by atoms with Gasteiger partial charge in [0.05, 0.1) is 32.9 Å². The number of rotatable bonds is 8. The molecule has 29 heavy (non-hydrogen) atoms. The number of hydrogen-bond acceptors (Lipinski definition) is 5. The number of amides is 2. The van der Waals surface area contributed by atoms with E-state index in [4.69, 9.17) is 14.2 Å². The summed E-state index contributed by atoms with van der Waals surface area (Å²) in [6.45, 7) is 0.845. The Labute approximate surface area is 170 Å². The van der Waals surface area contributed by atoms with Crippen LogP contribution in [-0.2, 0) is 16.0 Å². The SMILES string of the molecule is COc1ccc(CCNC(=O)C2CC(=O)N(c3ccc(OC)cc3OC)C2)cc1. The van der Waals surface area contributed by atoms with Crippen molar-refractivity contribution in [2.75, 3.05) is 39.3 Å². The molecule has 3 rings (SSSR count). The summed E-state index contributed by atoms with van der Waals surface area (Å²) in [7, 11) is 4.74. The fourth-order valence-electron chi connectivity index (χ4n) is 3.39. The number of carbonyl (C=O) groups is 2. The summed E-state index contributed by atoms with van der Waals surface area (Å²) < 4.78 is 15.7. The van der Waals surface area contributed by atoms with Crippen molar-refractivity contribution in [3.05, 3.63) is 48.0 Å². The van der Waals surface area contributed by atoms with Crippen molar-refractivity contribution in [3.8, 4) is 17.2 Å². The molecule has 1 unspecified atom stereocenters. The van der Waals surface area contributed by atoms with Gasteiger partial charge in [-0.05, 0) is 36.2 Å². The average molecular weight is 398 g/mol. The van der Waals surface area contributed by atoms with Crippen molar-refractivity contribution in [2.24, 2.45) is 5.92 Å². The first-order valence-corrected chi connectivity index (χ1v) is 9.48. The third-order valence-electron chi connectivity index (χ3n) is 5.05. The molecule has 2 amide bonds. The number of ether oxygens (including phenoxy) is 3. The molecule has 2 aromatic carbocycles. The van der Waals surface area contributed by atoms with Gasteiger partial charge in [0.15, 0.2) is 0 Å². The molecule has 1 heterocycles. The van der Waals surface area contributed by atoms with E-state index < -0.39 is 0 Å². The Morgan fingerprint density at radius 1 is 1.03 bits per heavy atom. The number of anilines is 1. The van der Waals surface area contributed by atoms with Crippen molar-refractivity contribution in [1.82, 2.24) is 5.32 Å². The largest absolute Gasteiger partial charge is 0.497 e. The molecule has 0 bridgehead atoms. The van der Waals surface area contributed by atoms with E-state index in [1.54, 1.807) is 44.4 Å². The molecule has 0 radical (unpaired) electrons. The maximum absolute atomic E-state index is 12.6. The molecule has 0 spiro atoms. The van der Waals surface area contributed by atoms with Crippen molar-refractivity contribution in [1.29, 1.82) is 0 Å². The number of hydrogen-bond donors (Lipinski definition) is 1. The minimum Gasteiger partial charge on any atom is -0.497 e. The Morgan fingerprint density at radius 3 is 2.38 bits per heavy atom. The second-order valence-corrected chi connectivity index (χ2v) is 6.83. The summed E-state index contributed by atoms with van der Waals surface area (Å²) in [5.74, 6) is 1.40. The van der Waals surface area contributed by atoms with Crippen LogP contribution < -0.4 is 24.4 Å². The molecule has 1 atom stereocenters. The monoisotopic (exact) mass is 398 g/mol. The Balaban J connectivity index is 1.57. The highest BCUT2D eigenvalue weighted by atomic mass is 16.5. The van der Waals surface area contributed by atoms with Crippen LogP contribution >= 0.6 is 0 Å². The molecule has 7 nitrogen and oxygen atoms in total. The van der Waals surface area contributed by atoms with Gasteiger partial charge >= 0.3 is 0 Å². The maximum Gasteiger partial charge on any atom is 0.227 e. The van der Waals surface area contributed by atoms with Crippen LogP contribution in [0.4, 0.5) is 5.69 Å². The van der Waals surface area contributed by atoms with Crippen LogP contribution in [0.2, 0.25) is 0 Å². The first-order valence-electron chi connectivity index (χ1n) is 9.48. The fraction of sp³-hybridized carbons (Fsp3) is 0.364. The molecular formula is C22H26N2O5. The van der Waals surface area contributed by atoms with Gasteiger partial charge in [0.25, 0.3) is 0 Å². The third kappa shape index (κ3) is 4.80. The normalized spacial score (nSPS) is 15.9. The summed E-state index contributed by atoms with van der Waals surface area (Å²) in [5, 5.41) is 2.94. The minimum absolute atomic E-state index is 0.0937. The predicted octanol–water partition coefficient (Wildman–Crippen LogP) is 2.42. The predicted molar refractivity (Wildman–Crippen MR) is 110 cm³/mol. The van der Waals surface area contributed by atoms with E-state index in [-0.39, 0.29) is 24.2 Å². The Hall–Kier alpha value is -3.22. The van der Waals surface area contributed by atoms with Gasteiger partial charge in [-0.15, -0.1) is 0 Å². The summed E-state index contributed by atoms with van der Waals surface area (Å²) >= 11 is 0. The van der Waals surface area contributed by atoms with Gasteiger partial charge in [-0.2, -0.15) is 0 Å². The van der Waals surface area contributed by atoms with Crippen LogP contribution in [0.25, 0.3) is 0 Å². The molecule has 1 fully saturated rings. The van der Waals surface area contributed by atoms with Crippen molar-refractivity contribution >= 4 is 17.5 Å². The fourth-order valence-corrected chi connectivity index (χ4v) is 3.39. The van der Waals surface area contributed by atoms with Crippen LogP contribution in [0, 0.1) is 5.92 Å². The standard InChI is InChI=1S/C22H26N2O5/c1-27-17-6-4-15(5-7-17)10-11-23-22(26)16-12-21(25)24(14-16)19-9-8-18(28-2)13-20(19)29-3/h4-9,13,16H,10-12,14H2,1-3H3,(H,23,26). The van der Waals surface area contributed by atoms with Crippen LogP contribution in [-0.4, -0.2) is 46.2 Å². The van der Waals surface area contributed by atoms with Crippen LogP contribution in [0.1, 0.15) is 12.0 Å². The van der Waals surface area contributed by atoms with Gasteiger partial charge in [-0.3, -0.25) is 9.59 Å². The first kappa shape index (κ1) is 20.5. The van der Waals surface area contributed by atoms with E-state index in [1.807, 2.05) is 24.3 Å². The number of carbonyl (C=O) groups excluding carboxylic acids is 2. The van der Waals surface area contributed by atoms with Crippen LogP contribution in [0.15, 0.2) is 42.5 Å². The molecule has 0 aliphatic carbocycles. The molecule has 154 valence electrons. The number of benzene rings is 2. The zero-order chi connectivity index (χ0) is 20.8. The van der Waals surface area contributed by atoms with E-state index in [1.165, 1.54) is 0 Å². The Kier molecular flexibility index (Phi) is 6.59. The van der Waals surface area contributed by atoms with Gasteiger partial charge in [0.2, 0.25) is 11.8 Å². The summed E-state index contributed by atoms with van der Waals surface area (Å²) in [4.78, 5) is 26.7. The van der Waals surface area contributed by atoms with Crippen molar-refractivity contribution in [3.63, 3.8) is 0 Å². The number of methoxy groups -OCH3 is 3. The molecule has 0 saturated carbocycles. The lowest BCUT2D eigenvalue weighted by molar-refractivity contribution is -0.126. The average Bonchev–Trinajstić information content (AvgIpc) is 3.15. The number of nitrogens with zero attached hydrogens (tertiary/aromatic N) is 1. The number of nitrogens with one attached hydrogen (secondary N) is 1. The van der Waals surface area contributed by atoms with E-state index in [9.17, 15) is 9.59 Å². The molecule has 1 aliphatic rings. The zero-order valence-electron chi connectivity index (χ0n) is 16.9. The highest BCUT2D eigenvalue weighted by Crippen LogP contribution is 2.35. The quantitative estimate of drug-likeness (QED) is 0.739. The van der Waals surface area contributed by atoms with Crippen LogP contribution in [0.5, 0.6) is 17.2 Å². The van der Waals surface area contributed by atoms with Gasteiger partial charge < -0.3 is 24.4 Å². The highest BCUT2D eigenvalue weighted by Gasteiger charge is 2.36. The van der Waals surface area contributed by atoms with Crippen molar-refractivity contribution < 1.29 is 23.8 Å². The van der Waals surface area contributed by atoms with E-state index in [2.05, 4.69) is 5.32 Å². The van der Waals surface area contributed by atoms with Gasteiger partial charge in [-0.25, -0.2) is 0 Å². The molecule has 0 aromatic heterocycles. The lowest BCUT2D eigenvalue weighted by atomic mass is 10.1. The molecular weight excluding hydrogens is 372 g/mol. The van der Waals surface area contributed by atoms with Crippen LogP contribution in [0.3, 0.4) is 0 Å². The van der Waals surface area contributed by atoms with E-state index in [0.29, 0.717) is 36.7 Å². The maximum atomic E-state index is 12.6. The summed E-state index contributed by atoms with van der Waals surface area (Å²) in [5.41, 5.74) is 1.75. The third-order valence-corrected chi connectivity index (χ3v) is 5.05. The lowest BCUT2D eigenvalue weighted by Gasteiger charge is -2.20. The van der Waals surface area contributed by atoms with Crippen molar-refractivity contribution in [2.45, 2.75) is 12.8 Å².